The number of hydrogen-bond acceptors (Lipinski definition) is 8. The van der Waals surface area contributed by atoms with E-state index in [1.807, 2.05) is 30.3 Å². The van der Waals surface area contributed by atoms with E-state index in [9.17, 15) is 14.7 Å². The summed E-state index contributed by atoms with van der Waals surface area (Å²) in [6.07, 6.45) is 2.44. The van der Waals surface area contributed by atoms with E-state index in [0.29, 0.717) is 45.5 Å². The van der Waals surface area contributed by atoms with Gasteiger partial charge in [0.15, 0.2) is 0 Å². The zero-order valence-corrected chi connectivity index (χ0v) is 23.2. The SMILES string of the molecule is C/C(=C(\CCO)SC(=O)c1ccccc1Oc1cccc(C(C)(C)C)c1)N(C=O)Cc1cnc(C)nc1N. The number of anilines is 1. The summed E-state index contributed by atoms with van der Waals surface area (Å²) in [5, 5.41) is 9.43. The van der Waals surface area contributed by atoms with Gasteiger partial charge in [-0.2, -0.15) is 0 Å². The molecule has 0 atom stereocenters. The van der Waals surface area contributed by atoms with E-state index in [2.05, 4.69) is 30.7 Å². The highest BCUT2D eigenvalue weighted by atomic mass is 32.2. The van der Waals surface area contributed by atoms with Crippen molar-refractivity contribution in [2.24, 2.45) is 0 Å². The molecule has 0 spiro atoms. The Morgan fingerprint density at radius 3 is 2.58 bits per heavy atom. The molecule has 1 amide bonds. The average Bonchev–Trinajstić information content (AvgIpc) is 2.87. The fraction of sp³-hybridized carbons (Fsp3) is 0.310. The maximum Gasteiger partial charge on any atom is 0.227 e. The number of carbonyl (C=O) groups is 2. The van der Waals surface area contributed by atoms with Gasteiger partial charge in [0.25, 0.3) is 0 Å². The van der Waals surface area contributed by atoms with Crippen LogP contribution in [-0.2, 0) is 16.8 Å². The lowest BCUT2D eigenvalue weighted by Crippen LogP contribution is -2.22. The number of aromatic nitrogens is 2. The van der Waals surface area contributed by atoms with Gasteiger partial charge in [-0.1, -0.05) is 45.0 Å². The first-order chi connectivity index (χ1) is 18.0. The molecule has 1 heterocycles. The van der Waals surface area contributed by atoms with Gasteiger partial charge < -0.3 is 20.5 Å². The third kappa shape index (κ3) is 7.43. The van der Waals surface area contributed by atoms with Crippen LogP contribution in [0.25, 0.3) is 0 Å². The third-order valence-corrected chi connectivity index (χ3v) is 7.06. The summed E-state index contributed by atoms with van der Waals surface area (Å²) in [6.45, 7) is 9.78. The van der Waals surface area contributed by atoms with Gasteiger partial charge in [-0.15, -0.1) is 0 Å². The quantitative estimate of drug-likeness (QED) is 0.323. The number of aliphatic hydroxyl groups excluding tert-OH is 1. The first kappa shape index (κ1) is 28.9. The van der Waals surface area contributed by atoms with Crippen LogP contribution < -0.4 is 10.5 Å². The second-order valence-electron chi connectivity index (χ2n) is 9.81. The Balaban J connectivity index is 1.87. The number of hydrogen-bond donors (Lipinski definition) is 2. The van der Waals surface area contributed by atoms with Crippen molar-refractivity contribution in [3.8, 4) is 11.5 Å². The summed E-state index contributed by atoms with van der Waals surface area (Å²) in [7, 11) is 0. The summed E-state index contributed by atoms with van der Waals surface area (Å²) < 4.78 is 6.14. The molecule has 8 nitrogen and oxygen atoms in total. The highest BCUT2D eigenvalue weighted by molar-refractivity contribution is 8.17. The second kappa shape index (κ2) is 12.7. The van der Waals surface area contributed by atoms with Crippen LogP contribution in [0.2, 0.25) is 0 Å². The van der Waals surface area contributed by atoms with Crippen LogP contribution in [0.5, 0.6) is 11.5 Å². The minimum Gasteiger partial charge on any atom is -0.457 e. The predicted octanol–water partition coefficient (Wildman–Crippen LogP) is 5.60. The number of carbonyl (C=O) groups excluding carboxylic acids is 2. The Kier molecular flexibility index (Phi) is 9.66. The fourth-order valence-electron chi connectivity index (χ4n) is 3.66. The molecule has 200 valence electrons. The van der Waals surface area contributed by atoms with E-state index < -0.39 is 0 Å². The van der Waals surface area contributed by atoms with Crippen LogP contribution in [0, 0.1) is 6.92 Å². The van der Waals surface area contributed by atoms with Gasteiger partial charge in [0.05, 0.1) is 12.1 Å². The molecule has 0 aliphatic rings. The molecular formula is C29H34N4O4S. The number of aryl methyl sites for hydroxylation is 1. The zero-order valence-electron chi connectivity index (χ0n) is 22.4. The monoisotopic (exact) mass is 534 g/mol. The molecule has 3 rings (SSSR count). The predicted molar refractivity (Wildman–Crippen MR) is 151 cm³/mol. The Bertz CT molecular complexity index is 1330. The molecule has 0 fully saturated rings. The lowest BCUT2D eigenvalue weighted by Gasteiger charge is -2.22. The second-order valence-corrected chi connectivity index (χ2v) is 10.9. The standard InChI is InChI=1S/C29H34N4O4S/c1-19(33(18-35)17-21-16-31-20(2)32-27(21)30)26(13-14-34)38-28(36)24-11-6-7-12-25(24)37-23-10-8-9-22(15-23)29(3,4)5/h6-12,15-16,18,34H,13-14,17H2,1-5H3,(H2,30,31,32)/b26-19-. The van der Waals surface area contributed by atoms with Crippen LogP contribution >= 0.6 is 11.8 Å². The van der Waals surface area contributed by atoms with E-state index in [1.54, 1.807) is 38.2 Å². The van der Waals surface area contributed by atoms with Gasteiger partial charge in [-0.05, 0) is 60.9 Å². The van der Waals surface area contributed by atoms with E-state index in [4.69, 9.17) is 10.5 Å². The van der Waals surface area contributed by atoms with Crippen molar-refractivity contribution in [3.63, 3.8) is 0 Å². The van der Waals surface area contributed by atoms with Gasteiger partial charge in [-0.25, -0.2) is 9.97 Å². The summed E-state index contributed by atoms with van der Waals surface area (Å²) in [4.78, 5) is 35.7. The molecule has 0 saturated heterocycles. The molecule has 0 radical (unpaired) electrons. The van der Waals surface area contributed by atoms with Crippen LogP contribution in [0.1, 0.15) is 61.4 Å². The number of nitrogens with zero attached hydrogens (tertiary/aromatic N) is 3. The first-order valence-corrected chi connectivity index (χ1v) is 13.0. The van der Waals surface area contributed by atoms with E-state index in [0.717, 1.165) is 17.3 Å². The number of ether oxygens (including phenoxy) is 1. The molecule has 0 unspecified atom stereocenters. The highest BCUT2D eigenvalue weighted by Gasteiger charge is 2.20. The molecule has 38 heavy (non-hydrogen) atoms. The lowest BCUT2D eigenvalue weighted by atomic mass is 9.87. The zero-order chi connectivity index (χ0) is 27.9. The molecule has 0 aliphatic heterocycles. The number of allylic oxidation sites excluding steroid dienone is 1. The van der Waals surface area contributed by atoms with Crippen molar-refractivity contribution >= 4 is 29.1 Å². The number of amides is 1. The normalized spacial score (nSPS) is 12.1. The van der Waals surface area contributed by atoms with E-state index >= 15 is 0 Å². The van der Waals surface area contributed by atoms with Crippen molar-refractivity contribution in [1.82, 2.24) is 14.9 Å². The van der Waals surface area contributed by atoms with Crippen molar-refractivity contribution < 1.29 is 19.4 Å². The van der Waals surface area contributed by atoms with Gasteiger partial charge in [-0.3, -0.25) is 9.59 Å². The van der Waals surface area contributed by atoms with E-state index in [-0.39, 0.29) is 35.9 Å². The first-order valence-electron chi connectivity index (χ1n) is 12.2. The number of aliphatic hydroxyl groups is 1. The number of rotatable bonds is 10. The molecule has 2 aromatic carbocycles. The Hall–Kier alpha value is -3.69. The maximum atomic E-state index is 13.5. The van der Waals surface area contributed by atoms with Gasteiger partial charge in [0.1, 0.15) is 23.1 Å². The van der Waals surface area contributed by atoms with Crippen LogP contribution in [0.4, 0.5) is 5.82 Å². The fourth-order valence-corrected chi connectivity index (χ4v) is 4.63. The van der Waals surface area contributed by atoms with Crippen molar-refractivity contribution in [3.05, 3.63) is 87.8 Å². The Morgan fingerprint density at radius 2 is 1.92 bits per heavy atom. The third-order valence-electron chi connectivity index (χ3n) is 5.91. The summed E-state index contributed by atoms with van der Waals surface area (Å²) in [5.41, 5.74) is 8.57. The maximum absolute atomic E-state index is 13.5. The van der Waals surface area contributed by atoms with Crippen molar-refractivity contribution in [2.75, 3.05) is 12.3 Å². The largest absolute Gasteiger partial charge is 0.457 e. The van der Waals surface area contributed by atoms with E-state index in [1.165, 1.54) is 4.90 Å². The molecule has 3 aromatic rings. The minimum atomic E-state index is -0.264. The minimum absolute atomic E-state index is 0.0497. The number of nitrogen functional groups attached to an aromatic ring is 1. The molecule has 3 N–H and O–H groups in total. The summed E-state index contributed by atoms with van der Waals surface area (Å²) in [6, 6.07) is 14.8. The van der Waals surface area contributed by atoms with Crippen LogP contribution in [0.15, 0.2) is 65.3 Å². The smallest absolute Gasteiger partial charge is 0.227 e. The topological polar surface area (TPSA) is 119 Å². The number of para-hydroxylation sites is 1. The number of thioether (sulfide) groups is 1. The molecule has 0 saturated carbocycles. The lowest BCUT2D eigenvalue weighted by molar-refractivity contribution is -0.116. The van der Waals surface area contributed by atoms with Crippen LogP contribution in [-0.4, -0.2) is 38.1 Å². The Labute approximate surface area is 227 Å². The summed E-state index contributed by atoms with van der Waals surface area (Å²) >= 11 is 0.961. The highest BCUT2D eigenvalue weighted by Crippen LogP contribution is 2.35. The molecule has 0 bridgehead atoms. The molecular weight excluding hydrogens is 500 g/mol. The van der Waals surface area contributed by atoms with Crippen molar-refractivity contribution in [2.45, 2.75) is 53.0 Å². The number of benzene rings is 2. The molecule has 1 aromatic heterocycles. The molecule has 0 aliphatic carbocycles. The van der Waals surface area contributed by atoms with Gasteiger partial charge in [0, 0.05) is 35.4 Å². The number of nitrogens with two attached hydrogens (primary N) is 1. The molecule has 9 heteroatoms. The van der Waals surface area contributed by atoms with Gasteiger partial charge in [0.2, 0.25) is 11.5 Å². The van der Waals surface area contributed by atoms with Crippen LogP contribution in [0.3, 0.4) is 0 Å². The van der Waals surface area contributed by atoms with Crippen molar-refractivity contribution in [1.29, 1.82) is 0 Å². The average molecular weight is 535 g/mol. The summed E-state index contributed by atoms with van der Waals surface area (Å²) in [5.74, 6) is 1.87. The Morgan fingerprint density at radius 1 is 1.18 bits per heavy atom. The van der Waals surface area contributed by atoms with Gasteiger partial charge >= 0.3 is 0 Å².